The molecule has 0 saturated heterocycles. The maximum absolute atomic E-state index is 12.5. The number of halogens is 3. The zero-order valence-electron chi connectivity index (χ0n) is 9.80. The van der Waals surface area contributed by atoms with Crippen molar-refractivity contribution in [3.05, 3.63) is 0 Å². The summed E-state index contributed by atoms with van der Waals surface area (Å²) in [5.74, 6) is -3.40. The van der Waals surface area contributed by atoms with Crippen molar-refractivity contribution in [2.24, 2.45) is 5.92 Å². The number of ether oxygens (including phenoxy) is 1. The molecule has 1 aliphatic rings. The summed E-state index contributed by atoms with van der Waals surface area (Å²) in [7, 11) is 1.61. The van der Waals surface area contributed by atoms with Crippen LogP contribution in [0.3, 0.4) is 0 Å². The number of nitrogens with one attached hydrogen (secondary N) is 2. The maximum Gasteiger partial charge on any atom is 0.249 e. The Hall–Kier alpha value is -0.460. The molecule has 0 spiro atoms. The van der Waals surface area contributed by atoms with Crippen LogP contribution < -0.4 is 10.6 Å². The first-order valence-corrected chi connectivity index (χ1v) is 5.40. The Morgan fingerprint density at radius 3 is 2.53 bits per heavy atom. The van der Waals surface area contributed by atoms with Crippen LogP contribution in [0.5, 0.6) is 0 Å². The fourth-order valence-electron chi connectivity index (χ4n) is 1.56. The van der Waals surface area contributed by atoms with Crippen molar-refractivity contribution in [1.29, 1.82) is 0 Å². The molecule has 7 heteroatoms. The molecule has 0 aliphatic heterocycles. The van der Waals surface area contributed by atoms with Crippen molar-refractivity contribution in [2.75, 3.05) is 33.4 Å². The van der Waals surface area contributed by atoms with E-state index in [2.05, 4.69) is 10.6 Å². The second-order valence-electron chi connectivity index (χ2n) is 3.99. The zero-order chi connectivity index (χ0) is 12.0. The summed E-state index contributed by atoms with van der Waals surface area (Å²) in [5.41, 5.74) is 0. The lowest BCUT2D eigenvalue weighted by Gasteiger charge is -2.33. The summed E-state index contributed by atoms with van der Waals surface area (Å²) < 4.78 is 29.8. The number of hydrogen-bond donors (Lipinski definition) is 2. The van der Waals surface area contributed by atoms with Gasteiger partial charge < -0.3 is 15.4 Å². The molecule has 1 fully saturated rings. The van der Waals surface area contributed by atoms with Gasteiger partial charge >= 0.3 is 0 Å². The predicted molar refractivity (Wildman–Crippen MR) is 62.7 cm³/mol. The van der Waals surface area contributed by atoms with Crippen LogP contribution in [0, 0.1) is 5.92 Å². The molecule has 0 aromatic rings. The number of hydrogen-bond acceptors (Lipinski definition) is 3. The van der Waals surface area contributed by atoms with Gasteiger partial charge in [0, 0.05) is 45.5 Å². The van der Waals surface area contributed by atoms with Gasteiger partial charge in [-0.05, 0) is 0 Å². The fourth-order valence-corrected chi connectivity index (χ4v) is 1.56. The average Bonchev–Trinajstić information content (AvgIpc) is 2.19. The predicted octanol–water partition coefficient (Wildman–Crippen LogP) is 0.806. The van der Waals surface area contributed by atoms with Crippen LogP contribution in [0.25, 0.3) is 0 Å². The fraction of sp³-hybridized carbons (Fsp3) is 0.900. The molecular weight excluding hydrogens is 254 g/mol. The summed E-state index contributed by atoms with van der Waals surface area (Å²) in [6.45, 7) is 2.42. The monoisotopic (exact) mass is 272 g/mol. The summed E-state index contributed by atoms with van der Waals surface area (Å²) >= 11 is 0. The third kappa shape index (κ3) is 6.14. The first-order valence-electron chi connectivity index (χ1n) is 5.40. The van der Waals surface area contributed by atoms with Crippen LogP contribution in [-0.2, 0) is 9.53 Å². The summed E-state index contributed by atoms with van der Waals surface area (Å²) in [4.78, 5) is 11.3. The normalized spacial score (nSPS) is 18.1. The van der Waals surface area contributed by atoms with Gasteiger partial charge in [0.15, 0.2) is 0 Å². The van der Waals surface area contributed by atoms with E-state index < -0.39 is 11.8 Å². The highest BCUT2D eigenvalue weighted by atomic mass is 35.5. The molecule has 1 amide bonds. The highest BCUT2D eigenvalue weighted by Crippen LogP contribution is 2.42. The minimum atomic E-state index is -2.63. The van der Waals surface area contributed by atoms with Crippen LogP contribution in [0.15, 0.2) is 0 Å². The van der Waals surface area contributed by atoms with E-state index in [0.29, 0.717) is 26.2 Å². The molecule has 1 saturated carbocycles. The van der Waals surface area contributed by atoms with Crippen molar-refractivity contribution < 1.29 is 18.3 Å². The summed E-state index contributed by atoms with van der Waals surface area (Å²) in [5, 5.41) is 5.67. The Balaban J connectivity index is 0.00000256. The molecule has 1 rings (SSSR count). The quantitative estimate of drug-likeness (QED) is 0.674. The molecule has 0 aromatic carbocycles. The molecule has 17 heavy (non-hydrogen) atoms. The molecule has 0 heterocycles. The number of amides is 1. The van der Waals surface area contributed by atoms with Crippen LogP contribution >= 0.6 is 12.4 Å². The van der Waals surface area contributed by atoms with Crippen LogP contribution in [0.4, 0.5) is 8.78 Å². The Morgan fingerprint density at radius 2 is 2.00 bits per heavy atom. The summed E-state index contributed by atoms with van der Waals surface area (Å²) in [6.07, 6.45) is -0.619. The second kappa shape index (κ2) is 7.79. The largest absolute Gasteiger partial charge is 0.383 e. The van der Waals surface area contributed by atoms with Gasteiger partial charge in [-0.25, -0.2) is 8.78 Å². The first kappa shape index (κ1) is 16.5. The van der Waals surface area contributed by atoms with Crippen molar-refractivity contribution in [3.8, 4) is 0 Å². The topological polar surface area (TPSA) is 50.4 Å². The van der Waals surface area contributed by atoms with Crippen LogP contribution in [0.2, 0.25) is 0 Å². The van der Waals surface area contributed by atoms with E-state index in [-0.39, 0.29) is 31.2 Å². The van der Waals surface area contributed by atoms with Crippen molar-refractivity contribution in [3.63, 3.8) is 0 Å². The number of carbonyl (C=O) groups excluding carboxylic acids is 1. The van der Waals surface area contributed by atoms with Gasteiger partial charge in [0.1, 0.15) is 0 Å². The molecular formula is C10H19ClF2N2O2. The molecule has 102 valence electrons. The van der Waals surface area contributed by atoms with Gasteiger partial charge in [-0.2, -0.15) is 0 Å². The van der Waals surface area contributed by atoms with Gasteiger partial charge in [-0.1, -0.05) is 0 Å². The highest BCUT2D eigenvalue weighted by Gasteiger charge is 2.48. The number of methoxy groups -OCH3 is 1. The third-order valence-electron chi connectivity index (χ3n) is 2.54. The Kier molecular flexibility index (Phi) is 7.58. The van der Waals surface area contributed by atoms with Crippen LogP contribution in [0.1, 0.15) is 12.8 Å². The van der Waals surface area contributed by atoms with Crippen molar-refractivity contribution >= 4 is 18.3 Å². The molecule has 0 radical (unpaired) electrons. The average molecular weight is 273 g/mol. The van der Waals surface area contributed by atoms with Gasteiger partial charge in [0.05, 0.1) is 6.61 Å². The first-order chi connectivity index (χ1) is 7.55. The van der Waals surface area contributed by atoms with Gasteiger partial charge in [0.25, 0.3) is 0 Å². The van der Waals surface area contributed by atoms with E-state index in [1.165, 1.54) is 0 Å². The molecule has 0 bridgehead atoms. The lowest BCUT2D eigenvalue weighted by Crippen LogP contribution is -2.46. The Labute approximate surface area is 106 Å². The van der Waals surface area contributed by atoms with Crippen molar-refractivity contribution in [2.45, 2.75) is 18.8 Å². The molecule has 4 nitrogen and oxygen atoms in total. The number of carbonyl (C=O) groups is 1. The smallest absolute Gasteiger partial charge is 0.249 e. The van der Waals surface area contributed by atoms with E-state index in [1.54, 1.807) is 7.11 Å². The van der Waals surface area contributed by atoms with Gasteiger partial charge in [-0.3, -0.25) is 4.79 Å². The zero-order valence-corrected chi connectivity index (χ0v) is 10.6. The Morgan fingerprint density at radius 1 is 1.35 bits per heavy atom. The SMILES string of the molecule is COCCNCCNC(=O)C1CC(F)(F)C1.Cl. The molecule has 0 aromatic heterocycles. The molecule has 2 N–H and O–H groups in total. The maximum atomic E-state index is 12.5. The van der Waals surface area contributed by atoms with E-state index >= 15 is 0 Å². The second-order valence-corrected chi connectivity index (χ2v) is 3.99. The van der Waals surface area contributed by atoms with Gasteiger partial charge in [-0.15, -0.1) is 12.4 Å². The van der Waals surface area contributed by atoms with Gasteiger partial charge in [0.2, 0.25) is 11.8 Å². The minimum Gasteiger partial charge on any atom is -0.383 e. The Bertz CT molecular complexity index is 234. The molecule has 0 unspecified atom stereocenters. The third-order valence-corrected chi connectivity index (χ3v) is 2.54. The standard InChI is InChI=1S/C10H18F2N2O2.ClH/c1-16-5-4-13-2-3-14-9(15)8-6-10(11,12)7-8;/h8,13H,2-7H2,1H3,(H,14,15);1H. The molecule has 1 aliphatic carbocycles. The van der Waals surface area contributed by atoms with E-state index in [0.717, 1.165) is 0 Å². The number of rotatable bonds is 7. The van der Waals surface area contributed by atoms with E-state index in [9.17, 15) is 13.6 Å². The van der Waals surface area contributed by atoms with E-state index in [1.807, 2.05) is 0 Å². The summed E-state index contributed by atoms with van der Waals surface area (Å²) in [6, 6.07) is 0. The lowest BCUT2D eigenvalue weighted by atomic mass is 9.81. The van der Waals surface area contributed by atoms with E-state index in [4.69, 9.17) is 4.74 Å². The molecule has 0 atom stereocenters. The minimum absolute atomic E-state index is 0. The highest BCUT2D eigenvalue weighted by molar-refractivity contribution is 5.85. The van der Waals surface area contributed by atoms with Crippen molar-refractivity contribution in [1.82, 2.24) is 10.6 Å². The lowest BCUT2D eigenvalue weighted by molar-refractivity contribution is -0.150. The van der Waals surface area contributed by atoms with Crippen LogP contribution in [-0.4, -0.2) is 45.2 Å². The number of alkyl halides is 2.